The molecule has 0 aliphatic heterocycles. The molecule has 1 aromatic rings. The van der Waals surface area contributed by atoms with E-state index in [1.807, 2.05) is 0 Å². The fraction of sp³-hybridized carbons (Fsp3) is 0. The summed E-state index contributed by atoms with van der Waals surface area (Å²) in [6.45, 7) is 0. The first-order valence-corrected chi connectivity index (χ1v) is 2.30. The average Bonchev–Trinajstić information content (AvgIpc) is 2.15. The average molecular weight is 122 g/mol. The SMILES string of the molecule is [B]C(=O)Oc1ccco1. The minimum Gasteiger partial charge on any atom is -0.434 e. The van der Waals surface area contributed by atoms with Crippen molar-refractivity contribution in [3.8, 4) is 5.95 Å². The van der Waals surface area contributed by atoms with Gasteiger partial charge in [-0.3, -0.25) is 4.79 Å². The van der Waals surface area contributed by atoms with Gasteiger partial charge < -0.3 is 9.15 Å². The number of hydrogen-bond acceptors (Lipinski definition) is 3. The molecule has 0 spiro atoms. The summed E-state index contributed by atoms with van der Waals surface area (Å²) in [6, 6.07) is 3.09. The van der Waals surface area contributed by atoms with Crippen LogP contribution in [0.25, 0.3) is 0 Å². The molecule has 1 heterocycles. The van der Waals surface area contributed by atoms with Gasteiger partial charge in [-0.1, -0.05) is 0 Å². The Balaban J connectivity index is 2.58. The molecule has 0 fully saturated rings. The van der Waals surface area contributed by atoms with E-state index in [0.29, 0.717) is 0 Å². The van der Waals surface area contributed by atoms with Gasteiger partial charge in [0.25, 0.3) is 5.95 Å². The molecular formula is C5H3BO3. The first kappa shape index (κ1) is 5.94. The molecule has 3 nitrogen and oxygen atoms in total. The van der Waals surface area contributed by atoms with E-state index in [2.05, 4.69) is 17.0 Å². The third kappa shape index (κ3) is 1.64. The summed E-state index contributed by atoms with van der Waals surface area (Å²) < 4.78 is 8.95. The Bertz CT molecular complexity index is 192. The first-order chi connectivity index (χ1) is 4.29. The molecule has 1 aromatic heterocycles. The minimum atomic E-state index is -0.870. The Hall–Kier alpha value is -1.19. The summed E-state index contributed by atoms with van der Waals surface area (Å²) in [6.07, 6.45) is 1.39. The summed E-state index contributed by atoms with van der Waals surface area (Å²) in [5, 5.41) is 0. The summed E-state index contributed by atoms with van der Waals surface area (Å²) in [4.78, 5) is 10.0. The van der Waals surface area contributed by atoms with Crippen LogP contribution in [0.15, 0.2) is 22.8 Å². The maximum Gasteiger partial charge on any atom is 0.291 e. The lowest BCUT2D eigenvalue weighted by molar-refractivity contribution is 0.212. The number of carbonyl (C=O) groups is 1. The van der Waals surface area contributed by atoms with Gasteiger partial charge >= 0.3 is 0 Å². The molecule has 0 saturated heterocycles. The number of ether oxygens (including phenoxy) is 1. The standard InChI is InChI=1S/C5H3BO3/c6-5(7)9-4-2-1-3-8-4/h1-3H. The molecule has 0 N–H and O–H groups in total. The first-order valence-electron chi connectivity index (χ1n) is 2.30. The number of carbonyl (C=O) groups excluding carboxylic acids is 1. The lowest BCUT2D eigenvalue weighted by atomic mass is 10.2. The highest BCUT2D eigenvalue weighted by molar-refractivity contribution is 6.55. The van der Waals surface area contributed by atoms with Crippen molar-refractivity contribution in [1.82, 2.24) is 0 Å². The van der Waals surface area contributed by atoms with E-state index in [0.717, 1.165) is 0 Å². The molecule has 0 aromatic carbocycles. The quantitative estimate of drug-likeness (QED) is 0.520. The van der Waals surface area contributed by atoms with Crippen molar-refractivity contribution in [2.45, 2.75) is 0 Å². The van der Waals surface area contributed by atoms with Gasteiger partial charge in [-0.25, -0.2) is 0 Å². The molecule has 0 aliphatic rings. The monoisotopic (exact) mass is 122 g/mol. The van der Waals surface area contributed by atoms with Gasteiger partial charge in [0.05, 0.1) is 6.26 Å². The van der Waals surface area contributed by atoms with Crippen LogP contribution in [0.1, 0.15) is 0 Å². The van der Waals surface area contributed by atoms with E-state index in [4.69, 9.17) is 0 Å². The lowest BCUT2D eigenvalue weighted by Crippen LogP contribution is -2.02. The topological polar surface area (TPSA) is 39.4 Å². The normalized spacial score (nSPS) is 8.89. The molecule has 2 radical (unpaired) electrons. The van der Waals surface area contributed by atoms with E-state index < -0.39 is 5.87 Å². The lowest BCUT2D eigenvalue weighted by Gasteiger charge is -1.91. The van der Waals surface area contributed by atoms with Crippen molar-refractivity contribution in [2.24, 2.45) is 0 Å². The van der Waals surface area contributed by atoms with Crippen molar-refractivity contribution < 1.29 is 13.9 Å². The highest BCUT2D eigenvalue weighted by atomic mass is 16.6. The van der Waals surface area contributed by atoms with Gasteiger partial charge in [-0.15, -0.1) is 0 Å². The van der Waals surface area contributed by atoms with E-state index >= 15 is 0 Å². The maximum absolute atomic E-state index is 10.0. The smallest absolute Gasteiger partial charge is 0.291 e. The van der Waals surface area contributed by atoms with Crippen molar-refractivity contribution in [3.63, 3.8) is 0 Å². The minimum absolute atomic E-state index is 0.113. The molecule has 0 unspecified atom stereocenters. The molecule has 4 heteroatoms. The Kier molecular flexibility index (Phi) is 1.58. The predicted octanol–water partition coefficient (Wildman–Crippen LogP) is 0.947. The Morgan fingerprint density at radius 1 is 1.78 bits per heavy atom. The van der Waals surface area contributed by atoms with E-state index in [9.17, 15) is 4.79 Å². The van der Waals surface area contributed by atoms with Crippen LogP contribution in [0.2, 0.25) is 0 Å². The molecule has 0 atom stereocenters. The molecule has 9 heavy (non-hydrogen) atoms. The van der Waals surface area contributed by atoms with Crippen LogP contribution in [0.4, 0.5) is 4.79 Å². The van der Waals surface area contributed by atoms with Gasteiger partial charge in [0, 0.05) is 6.07 Å². The van der Waals surface area contributed by atoms with Crippen molar-refractivity contribution in [2.75, 3.05) is 0 Å². The second kappa shape index (κ2) is 2.39. The second-order valence-electron chi connectivity index (χ2n) is 1.35. The van der Waals surface area contributed by atoms with Gasteiger partial charge in [0.2, 0.25) is 13.7 Å². The van der Waals surface area contributed by atoms with Crippen LogP contribution >= 0.6 is 0 Å². The van der Waals surface area contributed by atoms with E-state index in [-0.39, 0.29) is 5.95 Å². The highest BCUT2D eigenvalue weighted by Gasteiger charge is 1.96. The third-order valence-electron chi connectivity index (χ3n) is 0.696. The second-order valence-corrected chi connectivity index (χ2v) is 1.35. The summed E-state index contributed by atoms with van der Waals surface area (Å²) >= 11 is 0. The van der Waals surface area contributed by atoms with Crippen molar-refractivity contribution in [3.05, 3.63) is 18.4 Å². The van der Waals surface area contributed by atoms with E-state index in [1.54, 1.807) is 6.07 Å². The summed E-state index contributed by atoms with van der Waals surface area (Å²) in [5.74, 6) is -0.757. The zero-order valence-electron chi connectivity index (χ0n) is 4.53. The number of rotatable bonds is 1. The fourth-order valence-corrected chi connectivity index (χ4v) is 0.421. The number of furan rings is 1. The van der Waals surface area contributed by atoms with Gasteiger partial charge in [0.15, 0.2) is 0 Å². The molecule has 0 saturated carbocycles. The Labute approximate surface area is 53.0 Å². The van der Waals surface area contributed by atoms with Crippen LogP contribution < -0.4 is 4.74 Å². The zero-order valence-corrected chi connectivity index (χ0v) is 4.53. The van der Waals surface area contributed by atoms with E-state index in [1.165, 1.54) is 12.3 Å². The number of hydrogen-bond donors (Lipinski definition) is 0. The maximum atomic E-state index is 10.0. The van der Waals surface area contributed by atoms with Crippen molar-refractivity contribution >= 4 is 13.7 Å². The molecular weight excluding hydrogens is 119 g/mol. The molecule has 1 rings (SSSR count). The van der Waals surface area contributed by atoms with Crippen LogP contribution in [-0.4, -0.2) is 13.7 Å². The van der Waals surface area contributed by atoms with Crippen LogP contribution in [0, 0.1) is 0 Å². The van der Waals surface area contributed by atoms with Crippen LogP contribution in [-0.2, 0) is 0 Å². The summed E-state index contributed by atoms with van der Waals surface area (Å²) in [7, 11) is 4.66. The third-order valence-corrected chi connectivity index (χ3v) is 0.696. The molecule has 0 bridgehead atoms. The van der Waals surface area contributed by atoms with Crippen LogP contribution in [0.5, 0.6) is 5.95 Å². The van der Waals surface area contributed by atoms with Crippen molar-refractivity contribution in [1.29, 1.82) is 0 Å². The largest absolute Gasteiger partial charge is 0.434 e. The van der Waals surface area contributed by atoms with Crippen LogP contribution in [0.3, 0.4) is 0 Å². The highest BCUT2D eigenvalue weighted by Crippen LogP contribution is 2.09. The van der Waals surface area contributed by atoms with Gasteiger partial charge in [0.1, 0.15) is 0 Å². The predicted molar refractivity (Wildman–Crippen MR) is 30.5 cm³/mol. The molecule has 0 amide bonds. The Morgan fingerprint density at radius 3 is 3.00 bits per heavy atom. The molecule has 44 valence electrons. The zero-order chi connectivity index (χ0) is 6.69. The summed E-state index contributed by atoms with van der Waals surface area (Å²) in [5.41, 5.74) is 0. The van der Waals surface area contributed by atoms with Gasteiger partial charge in [-0.05, 0) is 6.07 Å². The van der Waals surface area contributed by atoms with Gasteiger partial charge in [-0.2, -0.15) is 0 Å². The molecule has 0 aliphatic carbocycles. The Morgan fingerprint density at radius 2 is 2.56 bits per heavy atom. The fourth-order valence-electron chi connectivity index (χ4n) is 0.421.